The maximum atomic E-state index is 12.0. The second-order valence-corrected chi connectivity index (χ2v) is 5.92. The number of rotatable bonds is 5. The molecular weight excluding hydrogens is 360 g/mol. The van der Waals surface area contributed by atoms with Gasteiger partial charge in [0.15, 0.2) is 5.65 Å². The number of hydrogen-bond donors (Lipinski definition) is 3. The number of carbonyl (C=O) groups excluding carboxylic acids is 1. The van der Waals surface area contributed by atoms with Crippen molar-refractivity contribution in [3.8, 4) is 0 Å². The summed E-state index contributed by atoms with van der Waals surface area (Å²) < 4.78 is 0.973. The molecule has 8 heteroatoms. The zero-order chi connectivity index (χ0) is 16.2. The van der Waals surface area contributed by atoms with E-state index in [9.17, 15) is 4.79 Å². The van der Waals surface area contributed by atoms with Crippen LogP contribution in [0.2, 0.25) is 0 Å². The quantitative estimate of drug-likeness (QED) is 0.637. The molecule has 1 amide bonds. The van der Waals surface area contributed by atoms with Gasteiger partial charge < -0.3 is 10.6 Å². The molecule has 0 saturated carbocycles. The number of carbonyl (C=O) groups is 1. The smallest absolute Gasteiger partial charge is 0.226 e. The van der Waals surface area contributed by atoms with Gasteiger partial charge in [-0.25, -0.2) is 9.97 Å². The average Bonchev–Trinajstić information content (AvgIpc) is 2.92. The van der Waals surface area contributed by atoms with Crippen molar-refractivity contribution in [2.24, 2.45) is 0 Å². The number of aryl methyl sites for hydroxylation is 1. The first-order valence-electron chi connectivity index (χ1n) is 7.08. The van der Waals surface area contributed by atoms with E-state index in [0.717, 1.165) is 21.2 Å². The lowest BCUT2D eigenvalue weighted by atomic mass is 10.3. The maximum absolute atomic E-state index is 12.0. The molecule has 3 rings (SSSR count). The molecule has 3 N–H and O–H groups in total. The van der Waals surface area contributed by atoms with E-state index < -0.39 is 0 Å². The number of fused-ring (bicyclic) bond motifs is 1. The third-order valence-electron chi connectivity index (χ3n) is 3.30. The fourth-order valence-corrected chi connectivity index (χ4v) is 2.45. The number of aromatic nitrogens is 4. The van der Waals surface area contributed by atoms with E-state index in [2.05, 4.69) is 46.7 Å². The Balaban J connectivity index is 1.57. The van der Waals surface area contributed by atoms with Gasteiger partial charge in [-0.15, -0.1) is 0 Å². The number of nitrogens with one attached hydrogen (secondary N) is 3. The van der Waals surface area contributed by atoms with E-state index in [1.54, 1.807) is 0 Å². The first kappa shape index (κ1) is 15.4. The Bertz CT molecular complexity index is 830. The summed E-state index contributed by atoms with van der Waals surface area (Å²) in [6.45, 7) is 2.38. The maximum Gasteiger partial charge on any atom is 0.226 e. The highest BCUT2D eigenvalue weighted by Gasteiger charge is 2.10. The molecule has 0 aliphatic carbocycles. The van der Waals surface area contributed by atoms with Gasteiger partial charge in [0, 0.05) is 28.8 Å². The van der Waals surface area contributed by atoms with E-state index in [4.69, 9.17) is 0 Å². The second kappa shape index (κ2) is 6.74. The Morgan fingerprint density at radius 3 is 2.83 bits per heavy atom. The fraction of sp³-hybridized carbons (Fsp3) is 0.200. The predicted molar refractivity (Wildman–Crippen MR) is 92.3 cm³/mol. The summed E-state index contributed by atoms with van der Waals surface area (Å²) in [4.78, 5) is 20.3. The van der Waals surface area contributed by atoms with E-state index in [1.807, 2.05) is 31.2 Å². The number of amides is 1. The van der Waals surface area contributed by atoms with Crippen LogP contribution in [0.25, 0.3) is 11.0 Å². The molecule has 118 valence electrons. The Kier molecular flexibility index (Phi) is 4.52. The first-order valence-corrected chi connectivity index (χ1v) is 7.88. The zero-order valence-corrected chi connectivity index (χ0v) is 14.0. The van der Waals surface area contributed by atoms with Crippen LogP contribution in [0.4, 0.5) is 11.5 Å². The number of nitrogens with zero attached hydrogens (tertiary/aromatic N) is 3. The molecule has 1 aromatic carbocycles. The van der Waals surface area contributed by atoms with Crippen molar-refractivity contribution in [3.63, 3.8) is 0 Å². The van der Waals surface area contributed by atoms with Gasteiger partial charge in [-0.05, 0) is 31.2 Å². The lowest BCUT2D eigenvalue weighted by Crippen LogP contribution is -2.16. The van der Waals surface area contributed by atoms with Gasteiger partial charge in [-0.2, -0.15) is 5.10 Å². The topological polar surface area (TPSA) is 95.6 Å². The van der Waals surface area contributed by atoms with E-state index in [0.29, 0.717) is 24.4 Å². The van der Waals surface area contributed by atoms with Gasteiger partial charge in [-0.3, -0.25) is 9.89 Å². The molecule has 7 nitrogen and oxygen atoms in total. The van der Waals surface area contributed by atoms with Crippen LogP contribution >= 0.6 is 15.9 Å². The van der Waals surface area contributed by atoms with Crippen LogP contribution in [0.3, 0.4) is 0 Å². The summed E-state index contributed by atoms with van der Waals surface area (Å²) in [6.07, 6.45) is 1.78. The van der Waals surface area contributed by atoms with Crippen LogP contribution in [-0.2, 0) is 4.79 Å². The summed E-state index contributed by atoms with van der Waals surface area (Å²) in [7, 11) is 0. The van der Waals surface area contributed by atoms with Crippen molar-refractivity contribution in [1.82, 2.24) is 20.2 Å². The number of hydrogen-bond acceptors (Lipinski definition) is 5. The van der Waals surface area contributed by atoms with E-state index in [1.165, 1.54) is 6.33 Å². The van der Waals surface area contributed by atoms with Crippen molar-refractivity contribution in [2.75, 3.05) is 17.2 Å². The fourth-order valence-electron chi connectivity index (χ4n) is 2.18. The molecule has 2 aromatic heterocycles. The molecule has 0 aliphatic rings. The van der Waals surface area contributed by atoms with Crippen molar-refractivity contribution in [2.45, 2.75) is 13.3 Å². The van der Waals surface area contributed by atoms with Gasteiger partial charge in [0.05, 0.1) is 5.39 Å². The molecule has 23 heavy (non-hydrogen) atoms. The highest BCUT2D eigenvalue weighted by molar-refractivity contribution is 9.10. The van der Waals surface area contributed by atoms with Crippen LogP contribution in [0.15, 0.2) is 35.1 Å². The number of anilines is 2. The van der Waals surface area contributed by atoms with Crippen LogP contribution in [0.5, 0.6) is 0 Å². The Morgan fingerprint density at radius 1 is 1.26 bits per heavy atom. The Hall–Kier alpha value is -2.48. The SMILES string of the molecule is Cc1[nH]nc2ncnc(NCCC(=O)Nc3ccc(Br)cc3)c12. The summed E-state index contributed by atoms with van der Waals surface area (Å²) in [5, 5.41) is 13.8. The number of benzene rings is 1. The van der Waals surface area contributed by atoms with E-state index >= 15 is 0 Å². The van der Waals surface area contributed by atoms with Gasteiger partial charge in [0.2, 0.25) is 5.91 Å². The van der Waals surface area contributed by atoms with Gasteiger partial charge in [-0.1, -0.05) is 15.9 Å². The average molecular weight is 375 g/mol. The molecule has 0 saturated heterocycles. The molecule has 0 unspecified atom stereocenters. The van der Waals surface area contributed by atoms with Crippen molar-refractivity contribution in [3.05, 3.63) is 40.8 Å². The minimum absolute atomic E-state index is 0.0611. The molecule has 3 aromatic rings. The standard InChI is InChI=1S/C15H15BrN6O/c1-9-13-14(18-8-19-15(13)22-21-9)17-7-6-12(23)20-11-4-2-10(16)3-5-11/h2-5,8H,6-7H2,1H3,(H,20,23)(H2,17,18,19,21,22). The van der Waals surface area contributed by atoms with E-state index in [-0.39, 0.29) is 5.91 Å². The summed E-state index contributed by atoms with van der Waals surface area (Å²) >= 11 is 3.36. The van der Waals surface area contributed by atoms with Crippen LogP contribution < -0.4 is 10.6 Å². The number of aromatic amines is 1. The normalized spacial score (nSPS) is 10.7. The Labute approximate surface area is 141 Å². The largest absolute Gasteiger partial charge is 0.369 e. The third kappa shape index (κ3) is 3.65. The lowest BCUT2D eigenvalue weighted by molar-refractivity contribution is -0.115. The minimum Gasteiger partial charge on any atom is -0.369 e. The molecule has 0 spiro atoms. The zero-order valence-electron chi connectivity index (χ0n) is 12.4. The summed E-state index contributed by atoms with van der Waals surface area (Å²) in [6, 6.07) is 7.46. The monoisotopic (exact) mass is 374 g/mol. The molecular formula is C15H15BrN6O. The number of H-pyrrole nitrogens is 1. The van der Waals surface area contributed by atoms with Crippen molar-refractivity contribution < 1.29 is 4.79 Å². The van der Waals surface area contributed by atoms with Gasteiger partial charge in [0.25, 0.3) is 0 Å². The van der Waals surface area contributed by atoms with Crippen molar-refractivity contribution >= 4 is 44.4 Å². The van der Waals surface area contributed by atoms with Crippen LogP contribution in [0, 0.1) is 6.92 Å². The summed E-state index contributed by atoms with van der Waals surface area (Å²) in [5.74, 6) is 0.617. The second-order valence-electron chi connectivity index (χ2n) is 5.00. The predicted octanol–water partition coefficient (Wildman–Crippen LogP) is 2.86. The van der Waals surface area contributed by atoms with Gasteiger partial charge >= 0.3 is 0 Å². The highest BCUT2D eigenvalue weighted by Crippen LogP contribution is 2.20. The van der Waals surface area contributed by atoms with Gasteiger partial charge in [0.1, 0.15) is 12.1 Å². The van der Waals surface area contributed by atoms with Crippen molar-refractivity contribution in [1.29, 1.82) is 0 Å². The molecule has 0 atom stereocenters. The molecule has 0 fully saturated rings. The summed E-state index contributed by atoms with van der Waals surface area (Å²) in [5.41, 5.74) is 2.27. The molecule has 0 radical (unpaired) electrons. The highest BCUT2D eigenvalue weighted by atomic mass is 79.9. The molecule has 2 heterocycles. The first-order chi connectivity index (χ1) is 11.1. The molecule has 0 bridgehead atoms. The third-order valence-corrected chi connectivity index (χ3v) is 3.83. The van der Waals surface area contributed by atoms with Crippen LogP contribution in [0.1, 0.15) is 12.1 Å². The Morgan fingerprint density at radius 2 is 2.04 bits per heavy atom. The lowest BCUT2D eigenvalue weighted by Gasteiger charge is -2.08. The minimum atomic E-state index is -0.0611. The molecule has 0 aliphatic heterocycles. The van der Waals surface area contributed by atoms with Crippen LogP contribution in [-0.4, -0.2) is 32.6 Å². The number of halogens is 1.